The van der Waals surface area contributed by atoms with E-state index in [1.54, 1.807) is 0 Å². The molecule has 0 aliphatic carbocycles. The second-order valence-corrected chi connectivity index (χ2v) is 6.01. The fourth-order valence-electron chi connectivity index (χ4n) is 2.92. The van der Waals surface area contributed by atoms with E-state index < -0.39 is 0 Å². The van der Waals surface area contributed by atoms with Gasteiger partial charge in [0.25, 0.3) is 0 Å². The van der Waals surface area contributed by atoms with Gasteiger partial charge in [-0.25, -0.2) is 4.98 Å². The van der Waals surface area contributed by atoms with Gasteiger partial charge in [0.2, 0.25) is 0 Å². The number of hydrogen-bond donors (Lipinski definition) is 1. The highest BCUT2D eigenvalue weighted by Gasteiger charge is 2.28. The van der Waals surface area contributed by atoms with Crippen LogP contribution in [0.5, 0.6) is 0 Å². The smallest absolute Gasteiger partial charge is 0.119 e. The van der Waals surface area contributed by atoms with Gasteiger partial charge in [-0.15, -0.1) is 0 Å². The average Bonchev–Trinajstić information content (AvgIpc) is 2.85. The normalized spacial score (nSPS) is 12.0. The summed E-state index contributed by atoms with van der Waals surface area (Å²) in [6.07, 6.45) is 0. The number of imidazole rings is 1. The number of fused-ring (bicyclic) bond motifs is 1. The van der Waals surface area contributed by atoms with Crippen molar-refractivity contribution in [2.75, 3.05) is 0 Å². The van der Waals surface area contributed by atoms with Gasteiger partial charge in [0.15, 0.2) is 0 Å². The van der Waals surface area contributed by atoms with Crippen molar-refractivity contribution in [3.63, 3.8) is 0 Å². The third-order valence-electron chi connectivity index (χ3n) is 4.24. The monoisotopic (exact) mass is 279 g/mol. The van der Waals surface area contributed by atoms with E-state index in [0.717, 1.165) is 22.4 Å². The van der Waals surface area contributed by atoms with Crippen molar-refractivity contribution < 1.29 is 0 Å². The van der Waals surface area contributed by atoms with Gasteiger partial charge in [-0.3, -0.25) is 0 Å². The maximum absolute atomic E-state index is 5.73. The molecular weight excluding hydrogens is 258 g/mol. The standard InChI is InChI=1S/C18H21N3/c1-18(2,14-7-5-4-6-8-14)17-20-15-11-13(12-19)9-10-16(15)21(17)3/h4-11H,12,19H2,1-3H3. The topological polar surface area (TPSA) is 43.8 Å². The number of nitrogens with two attached hydrogens (primary N) is 1. The Balaban J connectivity index is 2.18. The quantitative estimate of drug-likeness (QED) is 0.799. The van der Waals surface area contributed by atoms with Crippen LogP contribution >= 0.6 is 0 Å². The van der Waals surface area contributed by atoms with E-state index >= 15 is 0 Å². The first-order valence-corrected chi connectivity index (χ1v) is 7.25. The van der Waals surface area contributed by atoms with Crippen molar-refractivity contribution >= 4 is 11.0 Å². The van der Waals surface area contributed by atoms with Crippen molar-refractivity contribution in [3.8, 4) is 0 Å². The van der Waals surface area contributed by atoms with E-state index in [9.17, 15) is 0 Å². The summed E-state index contributed by atoms with van der Waals surface area (Å²) in [6, 6.07) is 16.8. The summed E-state index contributed by atoms with van der Waals surface area (Å²) >= 11 is 0. The van der Waals surface area contributed by atoms with Crippen LogP contribution in [0.3, 0.4) is 0 Å². The van der Waals surface area contributed by atoms with Crippen LogP contribution in [-0.2, 0) is 19.0 Å². The first-order valence-electron chi connectivity index (χ1n) is 7.25. The molecule has 0 saturated carbocycles. The van der Waals surface area contributed by atoms with Gasteiger partial charge in [-0.2, -0.15) is 0 Å². The van der Waals surface area contributed by atoms with Gasteiger partial charge in [0, 0.05) is 19.0 Å². The molecule has 3 nitrogen and oxygen atoms in total. The molecule has 108 valence electrons. The highest BCUT2D eigenvalue weighted by atomic mass is 15.1. The van der Waals surface area contributed by atoms with Gasteiger partial charge in [0.1, 0.15) is 5.82 Å². The number of aryl methyl sites for hydroxylation is 1. The van der Waals surface area contributed by atoms with Crippen LogP contribution in [0.15, 0.2) is 48.5 Å². The van der Waals surface area contributed by atoms with E-state index in [0.29, 0.717) is 6.54 Å². The number of benzene rings is 2. The Bertz CT molecular complexity index is 770. The lowest BCUT2D eigenvalue weighted by atomic mass is 9.84. The minimum absolute atomic E-state index is 0.141. The summed E-state index contributed by atoms with van der Waals surface area (Å²) in [5.41, 5.74) is 10.1. The van der Waals surface area contributed by atoms with E-state index in [1.165, 1.54) is 5.56 Å². The van der Waals surface area contributed by atoms with Crippen LogP contribution in [0.4, 0.5) is 0 Å². The first kappa shape index (κ1) is 13.8. The zero-order chi connectivity index (χ0) is 15.0. The van der Waals surface area contributed by atoms with E-state index in [4.69, 9.17) is 10.7 Å². The summed E-state index contributed by atoms with van der Waals surface area (Å²) in [7, 11) is 2.08. The van der Waals surface area contributed by atoms with Gasteiger partial charge in [-0.1, -0.05) is 36.4 Å². The minimum atomic E-state index is -0.141. The Kier molecular flexibility index (Phi) is 3.30. The van der Waals surface area contributed by atoms with Crippen LogP contribution < -0.4 is 5.73 Å². The molecule has 0 aliphatic rings. The molecule has 0 saturated heterocycles. The number of rotatable bonds is 3. The van der Waals surface area contributed by atoms with Crippen LogP contribution in [0.1, 0.15) is 30.8 Å². The molecule has 0 radical (unpaired) electrons. The largest absolute Gasteiger partial charge is 0.330 e. The predicted octanol–water partition coefficient (Wildman–Crippen LogP) is 3.36. The molecule has 1 aromatic heterocycles. The number of nitrogens with zero attached hydrogens (tertiary/aromatic N) is 2. The number of aromatic nitrogens is 2. The molecule has 0 fully saturated rings. The van der Waals surface area contributed by atoms with Crippen molar-refractivity contribution in [1.82, 2.24) is 9.55 Å². The molecule has 0 atom stereocenters. The molecule has 0 unspecified atom stereocenters. The van der Waals surface area contributed by atoms with Crippen molar-refractivity contribution in [2.45, 2.75) is 25.8 Å². The highest BCUT2D eigenvalue weighted by molar-refractivity contribution is 5.77. The molecule has 3 aromatic rings. The summed E-state index contributed by atoms with van der Waals surface area (Å²) in [5, 5.41) is 0. The first-order chi connectivity index (χ1) is 10.0. The van der Waals surface area contributed by atoms with Crippen LogP contribution in [0.25, 0.3) is 11.0 Å². The van der Waals surface area contributed by atoms with Crippen molar-refractivity contribution in [3.05, 3.63) is 65.5 Å². The molecule has 0 amide bonds. The fraction of sp³-hybridized carbons (Fsp3) is 0.278. The second-order valence-electron chi connectivity index (χ2n) is 6.01. The Morgan fingerprint density at radius 2 is 1.81 bits per heavy atom. The predicted molar refractivity (Wildman–Crippen MR) is 87.2 cm³/mol. The molecule has 21 heavy (non-hydrogen) atoms. The third kappa shape index (κ3) is 2.24. The Labute approximate surface area is 125 Å². The lowest BCUT2D eigenvalue weighted by Gasteiger charge is -2.24. The van der Waals surface area contributed by atoms with Gasteiger partial charge in [0.05, 0.1) is 11.0 Å². The van der Waals surface area contributed by atoms with Crippen LogP contribution in [-0.4, -0.2) is 9.55 Å². The molecule has 3 heteroatoms. The van der Waals surface area contributed by atoms with Crippen molar-refractivity contribution in [2.24, 2.45) is 12.8 Å². The molecule has 0 bridgehead atoms. The summed E-state index contributed by atoms with van der Waals surface area (Å²) in [4.78, 5) is 4.88. The number of hydrogen-bond acceptors (Lipinski definition) is 2. The van der Waals surface area contributed by atoms with Crippen LogP contribution in [0, 0.1) is 0 Å². The molecule has 2 aromatic carbocycles. The SMILES string of the molecule is Cn1c(C(C)(C)c2ccccc2)nc2cc(CN)ccc21. The van der Waals surface area contributed by atoms with E-state index in [-0.39, 0.29) is 5.41 Å². The average molecular weight is 279 g/mol. The third-order valence-corrected chi connectivity index (χ3v) is 4.24. The lowest BCUT2D eigenvalue weighted by Crippen LogP contribution is -2.23. The van der Waals surface area contributed by atoms with Crippen molar-refractivity contribution in [1.29, 1.82) is 0 Å². The highest BCUT2D eigenvalue weighted by Crippen LogP contribution is 2.32. The Morgan fingerprint density at radius 3 is 2.48 bits per heavy atom. The summed E-state index contributed by atoms with van der Waals surface area (Å²) in [5.74, 6) is 1.07. The zero-order valence-electron chi connectivity index (χ0n) is 12.8. The molecule has 1 heterocycles. The molecule has 0 spiro atoms. The molecular formula is C18H21N3. The van der Waals surface area contributed by atoms with E-state index in [2.05, 4.69) is 67.9 Å². The van der Waals surface area contributed by atoms with Gasteiger partial charge < -0.3 is 10.3 Å². The molecule has 3 rings (SSSR count). The molecule has 0 aliphatic heterocycles. The van der Waals surface area contributed by atoms with Gasteiger partial charge in [-0.05, 0) is 37.1 Å². The summed E-state index contributed by atoms with van der Waals surface area (Å²) in [6.45, 7) is 4.98. The maximum Gasteiger partial charge on any atom is 0.119 e. The lowest BCUT2D eigenvalue weighted by molar-refractivity contribution is 0.567. The summed E-state index contributed by atoms with van der Waals surface area (Å²) < 4.78 is 2.18. The molecule has 2 N–H and O–H groups in total. The minimum Gasteiger partial charge on any atom is -0.330 e. The Hall–Kier alpha value is -2.13. The Morgan fingerprint density at radius 1 is 1.10 bits per heavy atom. The van der Waals surface area contributed by atoms with E-state index in [1.807, 2.05) is 6.07 Å². The maximum atomic E-state index is 5.73. The van der Waals surface area contributed by atoms with Gasteiger partial charge >= 0.3 is 0 Å². The zero-order valence-corrected chi connectivity index (χ0v) is 12.8. The van der Waals surface area contributed by atoms with Crippen LogP contribution in [0.2, 0.25) is 0 Å². The second kappa shape index (κ2) is 5.01. The fourth-order valence-corrected chi connectivity index (χ4v) is 2.92.